The van der Waals surface area contributed by atoms with Crippen molar-refractivity contribution in [1.82, 2.24) is 10.3 Å². The Labute approximate surface area is 100 Å². The topological polar surface area (TPSA) is 24.9 Å². The molecule has 0 aliphatic heterocycles. The monoisotopic (exact) mass is 232 g/mol. The van der Waals surface area contributed by atoms with Gasteiger partial charge in [-0.15, -0.1) is 11.3 Å². The van der Waals surface area contributed by atoms with E-state index in [9.17, 15) is 0 Å². The van der Waals surface area contributed by atoms with Crippen LogP contribution in [0.3, 0.4) is 0 Å². The summed E-state index contributed by atoms with van der Waals surface area (Å²) in [5, 5.41) is 6.64. The molecule has 0 saturated heterocycles. The SMILES string of the molecule is Cc1cccc(CNC(C)c2nccs2)c1. The first kappa shape index (κ1) is 11.3. The van der Waals surface area contributed by atoms with Crippen molar-refractivity contribution < 1.29 is 0 Å². The lowest BCUT2D eigenvalue weighted by atomic mass is 10.1. The summed E-state index contributed by atoms with van der Waals surface area (Å²) in [6.45, 7) is 5.16. The Hall–Kier alpha value is -1.19. The molecule has 84 valence electrons. The summed E-state index contributed by atoms with van der Waals surface area (Å²) >= 11 is 1.70. The fraction of sp³-hybridized carbons (Fsp3) is 0.308. The lowest BCUT2D eigenvalue weighted by Crippen LogP contribution is -2.17. The third kappa shape index (κ3) is 2.90. The average molecular weight is 232 g/mol. The number of rotatable bonds is 4. The van der Waals surface area contributed by atoms with E-state index in [0.29, 0.717) is 6.04 Å². The first-order chi connectivity index (χ1) is 7.75. The Kier molecular flexibility index (Phi) is 3.70. The largest absolute Gasteiger partial charge is 0.304 e. The van der Waals surface area contributed by atoms with Gasteiger partial charge in [0.25, 0.3) is 0 Å². The number of hydrogen-bond acceptors (Lipinski definition) is 3. The van der Waals surface area contributed by atoms with Crippen LogP contribution in [0, 0.1) is 6.92 Å². The predicted molar refractivity (Wildman–Crippen MR) is 68.5 cm³/mol. The number of benzene rings is 1. The van der Waals surface area contributed by atoms with Crippen molar-refractivity contribution in [1.29, 1.82) is 0 Å². The second-order valence-corrected chi connectivity index (χ2v) is 4.89. The molecule has 16 heavy (non-hydrogen) atoms. The molecule has 1 unspecified atom stereocenters. The molecule has 0 aliphatic carbocycles. The molecule has 0 bridgehead atoms. The number of nitrogens with zero attached hydrogens (tertiary/aromatic N) is 1. The molecule has 2 aromatic rings. The van der Waals surface area contributed by atoms with Crippen LogP contribution >= 0.6 is 11.3 Å². The van der Waals surface area contributed by atoms with Crippen LogP contribution in [-0.2, 0) is 6.54 Å². The van der Waals surface area contributed by atoms with Crippen molar-refractivity contribution in [3.63, 3.8) is 0 Å². The van der Waals surface area contributed by atoms with Crippen LogP contribution < -0.4 is 5.32 Å². The number of thiazole rings is 1. The van der Waals surface area contributed by atoms with E-state index in [1.165, 1.54) is 11.1 Å². The molecule has 3 heteroatoms. The van der Waals surface area contributed by atoms with E-state index < -0.39 is 0 Å². The highest BCUT2D eigenvalue weighted by atomic mass is 32.1. The minimum absolute atomic E-state index is 0.320. The van der Waals surface area contributed by atoms with Gasteiger partial charge in [-0.25, -0.2) is 4.98 Å². The standard InChI is InChI=1S/C13H16N2S/c1-10-4-3-5-12(8-10)9-15-11(2)13-14-6-7-16-13/h3-8,11,15H,9H2,1-2H3. The second-order valence-electron chi connectivity index (χ2n) is 3.96. The Morgan fingerprint density at radius 3 is 3.00 bits per heavy atom. The van der Waals surface area contributed by atoms with Gasteiger partial charge in [-0.1, -0.05) is 29.8 Å². The molecule has 0 saturated carbocycles. The number of aryl methyl sites for hydroxylation is 1. The molecule has 0 amide bonds. The van der Waals surface area contributed by atoms with Crippen LogP contribution in [0.5, 0.6) is 0 Å². The zero-order valence-corrected chi connectivity index (χ0v) is 10.4. The molecule has 2 nitrogen and oxygen atoms in total. The average Bonchev–Trinajstić information content (AvgIpc) is 2.79. The Balaban J connectivity index is 1.92. The molecular formula is C13H16N2S. The third-order valence-corrected chi connectivity index (χ3v) is 3.47. The molecule has 1 atom stereocenters. The van der Waals surface area contributed by atoms with E-state index in [1.54, 1.807) is 11.3 Å². The zero-order valence-electron chi connectivity index (χ0n) is 9.60. The maximum atomic E-state index is 4.30. The number of hydrogen-bond donors (Lipinski definition) is 1. The fourth-order valence-corrected chi connectivity index (χ4v) is 2.30. The molecule has 1 aromatic heterocycles. The van der Waals surface area contributed by atoms with Gasteiger partial charge in [0.05, 0.1) is 6.04 Å². The van der Waals surface area contributed by atoms with Crippen LogP contribution in [0.2, 0.25) is 0 Å². The molecule has 0 aliphatic rings. The molecule has 0 radical (unpaired) electrons. The minimum Gasteiger partial charge on any atom is -0.304 e. The fourth-order valence-electron chi connectivity index (χ4n) is 1.63. The summed E-state index contributed by atoms with van der Waals surface area (Å²) in [6.07, 6.45) is 1.85. The smallest absolute Gasteiger partial charge is 0.109 e. The van der Waals surface area contributed by atoms with Gasteiger partial charge in [-0.05, 0) is 19.4 Å². The van der Waals surface area contributed by atoms with Crippen LogP contribution in [-0.4, -0.2) is 4.98 Å². The van der Waals surface area contributed by atoms with E-state index in [1.807, 2.05) is 11.6 Å². The normalized spacial score (nSPS) is 12.6. The van der Waals surface area contributed by atoms with Gasteiger partial charge in [-0.3, -0.25) is 0 Å². The van der Waals surface area contributed by atoms with Crippen molar-refractivity contribution in [3.8, 4) is 0 Å². The van der Waals surface area contributed by atoms with Crippen LogP contribution in [0.25, 0.3) is 0 Å². The van der Waals surface area contributed by atoms with Gasteiger partial charge in [0.2, 0.25) is 0 Å². The highest BCUT2D eigenvalue weighted by molar-refractivity contribution is 7.09. The minimum atomic E-state index is 0.320. The quantitative estimate of drug-likeness (QED) is 0.875. The maximum absolute atomic E-state index is 4.30. The van der Waals surface area contributed by atoms with E-state index in [-0.39, 0.29) is 0 Å². The first-order valence-electron chi connectivity index (χ1n) is 5.44. The molecule has 2 rings (SSSR count). The number of nitrogens with one attached hydrogen (secondary N) is 1. The molecule has 1 heterocycles. The van der Waals surface area contributed by atoms with E-state index >= 15 is 0 Å². The van der Waals surface area contributed by atoms with Crippen LogP contribution in [0.4, 0.5) is 0 Å². The van der Waals surface area contributed by atoms with Crippen molar-refractivity contribution in [2.75, 3.05) is 0 Å². The van der Waals surface area contributed by atoms with Gasteiger partial charge in [0, 0.05) is 18.1 Å². The molecule has 0 spiro atoms. The predicted octanol–water partition coefficient (Wildman–Crippen LogP) is 3.30. The molecule has 0 fully saturated rings. The highest BCUT2D eigenvalue weighted by Crippen LogP contribution is 2.15. The van der Waals surface area contributed by atoms with Gasteiger partial charge >= 0.3 is 0 Å². The van der Waals surface area contributed by atoms with Gasteiger partial charge in [0.1, 0.15) is 5.01 Å². The van der Waals surface area contributed by atoms with Gasteiger partial charge in [0.15, 0.2) is 0 Å². The Bertz CT molecular complexity index is 437. The Morgan fingerprint density at radius 2 is 2.31 bits per heavy atom. The summed E-state index contributed by atoms with van der Waals surface area (Å²) in [5.41, 5.74) is 2.63. The Morgan fingerprint density at radius 1 is 1.44 bits per heavy atom. The summed E-state index contributed by atoms with van der Waals surface area (Å²) < 4.78 is 0. The summed E-state index contributed by atoms with van der Waals surface area (Å²) in [6, 6.07) is 8.89. The van der Waals surface area contributed by atoms with E-state index in [4.69, 9.17) is 0 Å². The van der Waals surface area contributed by atoms with Crippen molar-refractivity contribution in [3.05, 3.63) is 52.0 Å². The lowest BCUT2D eigenvalue weighted by Gasteiger charge is -2.11. The molecule has 1 aromatic carbocycles. The third-order valence-electron chi connectivity index (χ3n) is 2.52. The lowest BCUT2D eigenvalue weighted by molar-refractivity contribution is 0.571. The highest BCUT2D eigenvalue weighted by Gasteiger charge is 2.06. The zero-order chi connectivity index (χ0) is 11.4. The molecular weight excluding hydrogens is 216 g/mol. The van der Waals surface area contributed by atoms with E-state index in [0.717, 1.165) is 11.6 Å². The van der Waals surface area contributed by atoms with Crippen LogP contribution in [0.1, 0.15) is 29.1 Å². The van der Waals surface area contributed by atoms with Gasteiger partial charge in [-0.2, -0.15) is 0 Å². The molecule has 1 N–H and O–H groups in total. The second kappa shape index (κ2) is 5.23. The number of aromatic nitrogens is 1. The van der Waals surface area contributed by atoms with Crippen molar-refractivity contribution >= 4 is 11.3 Å². The maximum Gasteiger partial charge on any atom is 0.109 e. The first-order valence-corrected chi connectivity index (χ1v) is 6.32. The van der Waals surface area contributed by atoms with Crippen molar-refractivity contribution in [2.45, 2.75) is 26.4 Å². The summed E-state index contributed by atoms with van der Waals surface area (Å²) in [7, 11) is 0. The summed E-state index contributed by atoms with van der Waals surface area (Å²) in [4.78, 5) is 4.30. The van der Waals surface area contributed by atoms with Crippen LogP contribution in [0.15, 0.2) is 35.8 Å². The van der Waals surface area contributed by atoms with Crippen molar-refractivity contribution in [2.24, 2.45) is 0 Å². The van der Waals surface area contributed by atoms with E-state index in [2.05, 4.69) is 48.4 Å². The summed E-state index contributed by atoms with van der Waals surface area (Å²) in [5.74, 6) is 0. The van der Waals surface area contributed by atoms with Gasteiger partial charge < -0.3 is 5.32 Å².